The van der Waals surface area contributed by atoms with E-state index in [1.807, 2.05) is 30.3 Å². The molecule has 18 heavy (non-hydrogen) atoms. The molecule has 2 amide bonds. The average Bonchev–Trinajstić information content (AvgIpc) is 2.25. The van der Waals surface area contributed by atoms with E-state index in [4.69, 9.17) is 4.74 Å². The lowest BCUT2D eigenvalue weighted by Gasteiger charge is -2.19. The van der Waals surface area contributed by atoms with Crippen molar-refractivity contribution in [1.29, 1.82) is 0 Å². The first kappa shape index (κ1) is 14.2. The first-order chi connectivity index (χ1) is 8.37. The Morgan fingerprint density at radius 1 is 1.17 bits per heavy atom. The highest BCUT2D eigenvalue weighted by Crippen LogP contribution is 2.07. The molecule has 4 nitrogen and oxygen atoms in total. The van der Waals surface area contributed by atoms with Crippen molar-refractivity contribution in [2.45, 2.75) is 39.2 Å². The molecule has 4 heteroatoms. The second-order valence-corrected chi connectivity index (χ2v) is 5.04. The molecule has 1 rings (SSSR count). The number of carbonyl (C=O) groups is 2. The number of rotatable bonds is 3. The number of imide groups is 1. The number of ether oxygens (including phenoxy) is 1. The summed E-state index contributed by atoms with van der Waals surface area (Å²) in [5, 5.41) is 2.21. The highest BCUT2D eigenvalue weighted by molar-refractivity contribution is 5.91. The van der Waals surface area contributed by atoms with Gasteiger partial charge in [0.25, 0.3) is 0 Å². The van der Waals surface area contributed by atoms with Gasteiger partial charge in [-0.2, -0.15) is 0 Å². The maximum Gasteiger partial charge on any atom is 0.414 e. The third kappa shape index (κ3) is 6.03. The first-order valence-corrected chi connectivity index (χ1v) is 5.93. The van der Waals surface area contributed by atoms with Crippen molar-refractivity contribution >= 4 is 12.0 Å². The van der Waals surface area contributed by atoms with Gasteiger partial charge in [-0.3, -0.25) is 10.1 Å². The van der Waals surface area contributed by atoms with Gasteiger partial charge in [-0.15, -0.1) is 0 Å². The normalized spacial score (nSPS) is 10.8. The minimum absolute atomic E-state index is 0.267. The number of alkyl carbamates (subject to hydrolysis) is 1. The number of aryl methyl sites for hydroxylation is 1. The second kappa shape index (κ2) is 6.19. The van der Waals surface area contributed by atoms with Crippen LogP contribution in [0.25, 0.3) is 0 Å². The van der Waals surface area contributed by atoms with Gasteiger partial charge in [0, 0.05) is 6.42 Å². The standard InChI is InChI=1S/C14H19NO3/c1-14(2,3)18-13(17)15-12(16)10-9-11-7-5-4-6-8-11/h4-8H,9-10H2,1-3H3,(H,15,16,17). The van der Waals surface area contributed by atoms with Gasteiger partial charge in [0.05, 0.1) is 0 Å². The number of hydrogen-bond donors (Lipinski definition) is 1. The lowest BCUT2D eigenvalue weighted by Crippen LogP contribution is -2.36. The van der Waals surface area contributed by atoms with E-state index in [2.05, 4.69) is 5.32 Å². The molecule has 0 fully saturated rings. The molecule has 0 radical (unpaired) electrons. The molecule has 0 heterocycles. The Labute approximate surface area is 107 Å². The minimum atomic E-state index is -0.694. The molecule has 0 bridgehead atoms. The van der Waals surface area contributed by atoms with Gasteiger partial charge in [0.1, 0.15) is 5.60 Å². The van der Waals surface area contributed by atoms with Crippen LogP contribution in [0.15, 0.2) is 30.3 Å². The van der Waals surface area contributed by atoms with Gasteiger partial charge in [-0.05, 0) is 32.8 Å². The molecular formula is C14H19NO3. The highest BCUT2D eigenvalue weighted by atomic mass is 16.6. The quantitative estimate of drug-likeness (QED) is 0.896. The van der Waals surface area contributed by atoms with E-state index in [1.165, 1.54) is 0 Å². The molecule has 0 aliphatic carbocycles. The third-order valence-electron chi connectivity index (χ3n) is 2.12. The molecule has 0 aliphatic heterocycles. The largest absolute Gasteiger partial charge is 0.444 e. The van der Waals surface area contributed by atoms with E-state index in [0.29, 0.717) is 6.42 Å². The van der Waals surface area contributed by atoms with E-state index in [9.17, 15) is 9.59 Å². The predicted molar refractivity (Wildman–Crippen MR) is 69.1 cm³/mol. The number of nitrogens with one attached hydrogen (secondary N) is 1. The predicted octanol–water partition coefficient (Wildman–Crippen LogP) is 2.67. The zero-order valence-electron chi connectivity index (χ0n) is 11.0. The zero-order valence-corrected chi connectivity index (χ0v) is 11.0. The van der Waals surface area contributed by atoms with E-state index < -0.39 is 11.7 Å². The van der Waals surface area contributed by atoms with Gasteiger partial charge in [0.15, 0.2) is 0 Å². The summed E-state index contributed by atoms with van der Waals surface area (Å²) in [6.45, 7) is 5.25. The van der Waals surface area contributed by atoms with Crippen LogP contribution in [0.1, 0.15) is 32.8 Å². The summed E-state index contributed by atoms with van der Waals surface area (Å²) >= 11 is 0. The number of hydrogen-bond acceptors (Lipinski definition) is 3. The molecule has 0 unspecified atom stereocenters. The monoisotopic (exact) mass is 249 g/mol. The van der Waals surface area contributed by atoms with Crippen molar-refractivity contribution in [2.24, 2.45) is 0 Å². The summed E-state index contributed by atoms with van der Waals surface area (Å²) < 4.78 is 4.99. The van der Waals surface area contributed by atoms with E-state index >= 15 is 0 Å². The molecular weight excluding hydrogens is 230 g/mol. The number of carbonyl (C=O) groups excluding carboxylic acids is 2. The Kier molecular flexibility index (Phi) is 4.89. The van der Waals surface area contributed by atoms with Crippen LogP contribution >= 0.6 is 0 Å². The maximum atomic E-state index is 11.5. The fourth-order valence-electron chi connectivity index (χ4n) is 1.38. The van der Waals surface area contributed by atoms with Crippen molar-refractivity contribution in [3.8, 4) is 0 Å². The van der Waals surface area contributed by atoms with Crippen molar-refractivity contribution in [3.05, 3.63) is 35.9 Å². The van der Waals surface area contributed by atoms with Crippen LogP contribution in [0.2, 0.25) is 0 Å². The molecule has 0 aromatic heterocycles. The van der Waals surface area contributed by atoms with E-state index in [0.717, 1.165) is 5.56 Å². The molecule has 1 aromatic rings. The fourth-order valence-corrected chi connectivity index (χ4v) is 1.38. The van der Waals surface area contributed by atoms with Gasteiger partial charge in [0.2, 0.25) is 5.91 Å². The maximum absolute atomic E-state index is 11.5. The van der Waals surface area contributed by atoms with Crippen molar-refractivity contribution in [2.75, 3.05) is 0 Å². The van der Waals surface area contributed by atoms with Crippen LogP contribution in [0.5, 0.6) is 0 Å². The van der Waals surface area contributed by atoms with Crippen LogP contribution in [0.4, 0.5) is 4.79 Å². The molecule has 0 saturated carbocycles. The smallest absolute Gasteiger partial charge is 0.414 e. The zero-order chi connectivity index (χ0) is 13.6. The number of amides is 2. The molecule has 0 spiro atoms. The van der Waals surface area contributed by atoms with Gasteiger partial charge in [-0.1, -0.05) is 30.3 Å². The van der Waals surface area contributed by atoms with Crippen LogP contribution in [-0.2, 0) is 16.0 Å². The van der Waals surface area contributed by atoms with Gasteiger partial charge in [-0.25, -0.2) is 4.79 Å². The van der Waals surface area contributed by atoms with Crippen molar-refractivity contribution in [3.63, 3.8) is 0 Å². The Bertz CT molecular complexity index is 407. The number of benzene rings is 1. The Hall–Kier alpha value is -1.84. The summed E-state index contributed by atoms with van der Waals surface area (Å²) in [5.74, 6) is -0.326. The van der Waals surface area contributed by atoms with E-state index in [-0.39, 0.29) is 12.3 Å². The van der Waals surface area contributed by atoms with Crippen LogP contribution in [0.3, 0.4) is 0 Å². The lowest BCUT2D eigenvalue weighted by molar-refractivity contribution is -0.120. The molecule has 0 aliphatic rings. The van der Waals surface area contributed by atoms with Gasteiger partial charge < -0.3 is 4.74 Å². The third-order valence-corrected chi connectivity index (χ3v) is 2.12. The molecule has 1 aromatic carbocycles. The van der Waals surface area contributed by atoms with Crippen LogP contribution < -0.4 is 5.32 Å². The SMILES string of the molecule is CC(C)(C)OC(=O)NC(=O)CCc1ccccc1. The summed E-state index contributed by atoms with van der Waals surface area (Å²) in [6.07, 6.45) is 0.180. The molecule has 0 saturated heterocycles. The molecule has 0 atom stereocenters. The topological polar surface area (TPSA) is 55.4 Å². The summed E-state index contributed by atoms with van der Waals surface area (Å²) in [4.78, 5) is 22.8. The van der Waals surface area contributed by atoms with E-state index in [1.54, 1.807) is 20.8 Å². The Morgan fingerprint density at radius 3 is 2.33 bits per heavy atom. The second-order valence-electron chi connectivity index (χ2n) is 5.04. The summed E-state index contributed by atoms with van der Waals surface area (Å²) in [5.41, 5.74) is 0.473. The molecule has 1 N–H and O–H groups in total. The summed E-state index contributed by atoms with van der Waals surface area (Å²) in [6, 6.07) is 9.65. The van der Waals surface area contributed by atoms with Crippen molar-refractivity contribution in [1.82, 2.24) is 5.32 Å². The minimum Gasteiger partial charge on any atom is -0.444 e. The lowest BCUT2D eigenvalue weighted by atomic mass is 10.1. The van der Waals surface area contributed by atoms with Gasteiger partial charge >= 0.3 is 6.09 Å². The van der Waals surface area contributed by atoms with Crippen LogP contribution in [0, 0.1) is 0 Å². The average molecular weight is 249 g/mol. The first-order valence-electron chi connectivity index (χ1n) is 5.93. The highest BCUT2D eigenvalue weighted by Gasteiger charge is 2.17. The fraction of sp³-hybridized carbons (Fsp3) is 0.429. The Morgan fingerprint density at radius 2 is 1.78 bits per heavy atom. The van der Waals surface area contributed by atoms with Crippen molar-refractivity contribution < 1.29 is 14.3 Å². The van der Waals surface area contributed by atoms with Crippen LogP contribution in [-0.4, -0.2) is 17.6 Å². The molecule has 98 valence electrons. The summed E-state index contributed by atoms with van der Waals surface area (Å²) in [7, 11) is 0. The Balaban J connectivity index is 2.32.